The van der Waals surface area contributed by atoms with Gasteiger partial charge in [0.15, 0.2) is 0 Å². The van der Waals surface area contributed by atoms with Crippen LogP contribution in [0.1, 0.15) is 20.8 Å². The Morgan fingerprint density at radius 3 is 2.74 bits per heavy atom. The van der Waals surface area contributed by atoms with Crippen molar-refractivity contribution in [3.05, 3.63) is 24.0 Å². The molecule has 0 aliphatic carbocycles. The van der Waals surface area contributed by atoms with E-state index in [0.717, 1.165) is 0 Å². The fraction of sp³-hybridized carbons (Fsp3) is 0.462. The van der Waals surface area contributed by atoms with Gasteiger partial charge in [-0.3, -0.25) is 0 Å². The summed E-state index contributed by atoms with van der Waals surface area (Å²) in [6.07, 6.45) is 0. The second-order valence-electron chi connectivity index (χ2n) is 4.69. The van der Waals surface area contributed by atoms with Crippen molar-refractivity contribution in [2.75, 3.05) is 18.5 Å². The summed E-state index contributed by atoms with van der Waals surface area (Å²) >= 11 is 0. The molecule has 106 valence electrons. The number of nitrogens with one attached hydrogen (secondary N) is 2. The van der Waals surface area contributed by atoms with Gasteiger partial charge >= 0.3 is 6.03 Å². The molecule has 0 radical (unpaired) electrons. The molecular formula is C13H19FN2O3. The number of amides is 2. The molecule has 1 rings (SSSR count). The molecule has 0 atom stereocenters. The number of hydrogen-bond donors (Lipinski definition) is 3. The van der Waals surface area contributed by atoms with E-state index in [-0.39, 0.29) is 12.4 Å². The molecule has 0 fully saturated rings. The van der Waals surface area contributed by atoms with Crippen molar-refractivity contribution >= 4 is 11.7 Å². The third-order valence-electron chi connectivity index (χ3n) is 2.34. The van der Waals surface area contributed by atoms with Crippen molar-refractivity contribution in [1.29, 1.82) is 0 Å². The molecule has 1 aromatic rings. The molecule has 0 bridgehead atoms. The molecule has 0 aromatic heterocycles. The van der Waals surface area contributed by atoms with Gasteiger partial charge in [-0.25, -0.2) is 9.18 Å². The first kappa shape index (κ1) is 15.2. The molecule has 0 aliphatic heterocycles. The molecule has 0 unspecified atom stereocenters. The molecule has 2 amide bonds. The van der Waals surface area contributed by atoms with Crippen LogP contribution in [0.4, 0.5) is 14.9 Å². The van der Waals surface area contributed by atoms with Crippen LogP contribution in [0.3, 0.4) is 0 Å². The number of anilines is 1. The number of halogens is 1. The fourth-order valence-corrected chi connectivity index (χ4v) is 1.37. The molecule has 0 heterocycles. The van der Waals surface area contributed by atoms with Crippen molar-refractivity contribution in [3.63, 3.8) is 0 Å². The molecule has 3 N–H and O–H groups in total. The Bertz CT molecular complexity index is 450. The van der Waals surface area contributed by atoms with Gasteiger partial charge in [0.2, 0.25) is 0 Å². The molecule has 0 aliphatic rings. The number of benzene rings is 1. The first-order valence-electron chi connectivity index (χ1n) is 6.00. The molecule has 0 spiro atoms. The summed E-state index contributed by atoms with van der Waals surface area (Å²) in [5, 5.41) is 14.2. The Morgan fingerprint density at radius 2 is 2.16 bits per heavy atom. The lowest BCUT2D eigenvalue weighted by Crippen LogP contribution is -2.48. The van der Waals surface area contributed by atoms with Gasteiger partial charge in [0.25, 0.3) is 0 Å². The summed E-state index contributed by atoms with van der Waals surface area (Å²) in [5.41, 5.74) is -0.370. The van der Waals surface area contributed by atoms with Gasteiger partial charge < -0.3 is 20.5 Å². The minimum Gasteiger partial charge on any atom is -0.492 e. The second kappa shape index (κ2) is 6.38. The Hall–Kier alpha value is -1.82. The van der Waals surface area contributed by atoms with Crippen molar-refractivity contribution in [3.8, 4) is 5.75 Å². The average molecular weight is 270 g/mol. The quantitative estimate of drug-likeness (QED) is 0.767. The predicted molar refractivity (Wildman–Crippen MR) is 70.9 cm³/mol. The van der Waals surface area contributed by atoms with Crippen molar-refractivity contribution in [2.24, 2.45) is 0 Å². The van der Waals surface area contributed by atoms with E-state index < -0.39 is 17.4 Å². The summed E-state index contributed by atoms with van der Waals surface area (Å²) in [7, 11) is 0. The maximum atomic E-state index is 13.1. The lowest BCUT2D eigenvalue weighted by atomic mass is 10.1. The highest BCUT2D eigenvalue weighted by atomic mass is 19.1. The van der Waals surface area contributed by atoms with E-state index >= 15 is 0 Å². The van der Waals surface area contributed by atoms with Crippen LogP contribution in [0, 0.1) is 5.82 Å². The Kier molecular flexibility index (Phi) is 5.11. The molecule has 0 saturated carbocycles. The third kappa shape index (κ3) is 4.75. The topological polar surface area (TPSA) is 70.6 Å². The van der Waals surface area contributed by atoms with Gasteiger partial charge in [-0.2, -0.15) is 0 Å². The van der Waals surface area contributed by atoms with Crippen LogP contribution in [0.15, 0.2) is 18.2 Å². The van der Waals surface area contributed by atoms with Gasteiger partial charge in [0.1, 0.15) is 11.6 Å². The Labute approximate surface area is 111 Å². The lowest BCUT2D eigenvalue weighted by Gasteiger charge is -2.24. The molecule has 6 heteroatoms. The van der Waals surface area contributed by atoms with Gasteiger partial charge in [0.05, 0.1) is 24.4 Å². The first-order chi connectivity index (χ1) is 8.88. The highest BCUT2D eigenvalue weighted by molar-refractivity contribution is 5.91. The number of rotatable bonds is 5. The number of carbonyl (C=O) groups is 1. The summed E-state index contributed by atoms with van der Waals surface area (Å²) in [6.45, 7) is 5.30. The van der Waals surface area contributed by atoms with E-state index in [9.17, 15) is 9.18 Å². The first-order valence-corrected chi connectivity index (χ1v) is 6.00. The van der Waals surface area contributed by atoms with Crippen LogP contribution < -0.4 is 15.4 Å². The summed E-state index contributed by atoms with van der Waals surface area (Å²) in [5.74, 6) is -0.176. The number of carbonyl (C=O) groups excluding carboxylic acids is 1. The van der Waals surface area contributed by atoms with E-state index in [1.165, 1.54) is 18.2 Å². The van der Waals surface area contributed by atoms with Gasteiger partial charge in [-0.05, 0) is 32.9 Å². The zero-order valence-corrected chi connectivity index (χ0v) is 11.3. The third-order valence-corrected chi connectivity index (χ3v) is 2.34. The Morgan fingerprint density at radius 1 is 1.47 bits per heavy atom. The smallest absolute Gasteiger partial charge is 0.319 e. The summed E-state index contributed by atoms with van der Waals surface area (Å²) in [6, 6.07) is 3.36. The van der Waals surface area contributed by atoms with Crippen LogP contribution >= 0.6 is 0 Å². The zero-order chi connectivity index (χ0) is 14.5. The fourth-order valence-electron chi connectivity index (χ4n) is 1.37. The molecule has 1 aromatic carbocycles. The average Bonchev–Trinajstić information content (AvgIpc) is 2.32. The molecule has 19 heavy (non-hydrogen) atoms. The van der Waals surface area contributed by atoms with E-state index in [2.05, 4.69) is 10.6 Å². The van der Waals surface area contributed by atoms with Crippen molar-refractivity contribution in [1.82, 2.24) is 5.32 Å². The van der Waals surface area contributed by atoms with Crippen LogP contribution in [0.2, 0.25) is 0 Å². The normalized spacial score (nSPS) is 11.0. The zero-order valence-electron chi connectivity index (χ0n) is 11.3. The highest BCUT2D eigenvalue weighted by Crippen LogP contribution is 2.25. The van der Waals surface area contributed by atoms with Crippen molar-refractivity contribution < 1.29 is 19.0 Å². The summed E-state index contributed by atoms with van der Waals surface area (Å²) < 4.78 is 18.3. The standard InChI is InChI=1S/C13H19FN2O3/c1-4-19-11-7-9(14)5-6-10(11)15-12(18)16-13(2,3)8-17/h5-7,17H,4,8H2,1-3H3,(H2,15,16,18). The number of aliphatic hydroxyl groups excluding tert-OH is 1. The predicted octanol–water partition coefficient (Wildman–Crippen LogP) is 2.12. The van der Waals surface area contributed by atoms with Gasteiger partial charge in [-0.1, -0.05) is 0 Å². The van der Waals surface area contributed by atoms with Crippen LogP contribution in [-0.2, 0) is 0 Å². The molecular weight excluding hydrogens is 251 g/mol. The van der Waals surface area contributed by atoms with E-state index in [1.54, 1.807) is 20.8 Å². The second-order valence-corrected chi connectivity index (χ2v) is 4.69. The monoisotopic (exact) mass is 270 g/mol. The number of urea groups is 1. The van der Waals surface area contributed by atoms with Gasteiger partial charge in [0, 0.05) is 6.07 Å². The van der Waals surface area contributed by atoms with E-state index in [1.807, 2.05) is 0 Å². The molecule has 5 nitrogen and oxygen atoms in total. The van der Waals surface area contributed by atoms with E-state index in [0.29, 0.717) is 12.3 Å². The van der Waals surface area contributed by atoms with Crippen LogP contribution in [0.5, 0.6) is 5.75 Å². The Balaban J connectivity index is 2.79. The maximum absolute atomic E-state index is 13.1. The number of hydrogen-bond acceptors (Lipinski definition) is 3. The summed E-state index contributed by atoms with van der Waals surface area (Å²) in [4.78, 5) is 11.7. The van der Waals surface area contributed by atoms with E-state index in [4.69, 9.17) is 9.84 Å². The number of aliphatic hydroxyl groups is 1. The largest absolute Gasteiger partial charge is 0.492 e. The van der Waals surface area contributed by atoms with Crippen LogP contribution in [0.25, 0.3) is 0 Å². The minimum absolute atomic E-state index is 0.192. The number of ether oxygens (including phenoxy) is 1. The molecule has 0 saturated heterocycles. The van der Waals surface area contributed by atoms with Gasteiger partial charge in [-0.15, -0.1) is 0 Å². The SMILES string of the molecule is CCOc1cc(F)ccc1NC(=O)NC(C)(C)CO. The minimum atomic E-state index is -0.740. The van der Waals surface area contributed by atoms with Crippen LogP contribution in [-0.4, -0.2) is 29.9 Å². The highest BCUT2D eigenvalue weighted by Gasteiger charge is 2.19. The maximum Gasteiger partial charge on any atom is 0.319 e. The lowest BCUT2D eigenvalue weighted by molar-refractivity contribution is 0.187. The van der Waals surface area contributed by atoms with Crippen molar-refractivity contribution in [2.45, 2.75) is 26.3 Å².